The lowest BCUT2D eigenvalue weighted by Gasteiger charge is -2.39. The Morgan fingerprint density at radius 2 is 1.50 bits per heavy atom. The molecule has 40 heavy (non-hydrogen) atoms. The van der Waals surface area contributed by atoms with Crippen LogP contribution < -0.4 is 0 Å². The highest BCUT2D eigenvalue weighted by Gasteiger charge is 2.33. The van der Waals surface area contributed by atoms with Crippen LogP contribution in [-0.2, 0) is 26.1 Å². The van der Waals surface area contributed by atoms with E-state index in [0.717, 1.165) is 11.1 Å². The van der Waals surface area contributed by atoms with Gasteiger partial charge in [0.2, 0.25) is 15.9 Å². The number of rotatable bonds is 11. The summed E-state index contributed by atoms with van der Waals surface area (Å²) in [5.41, 5.74) is 2.73. The average Bonchev–Trinajstić information content (AvgIpc) is 2.99. The van der Waals surface area contributed by atoms with Crippen molar-refractivity contribution in [3.05, 3.63) is 102 Å². The second-order valence-corrected chi connectivity index (χ2v) is 12.0. The van der Waals surface area contributed by atoms with Crippen molar-refractivity contribution in [1.82, 2.24) is 14.1 Å². The maximum atomic E-state index is 13.9. The number of ether oxygens (including phenoxy) is 1. The molecule has 0 spiro atoms. The minimum Gasteiger partial charge on any atom is -0.383 e. The predicted molar refractivity (Wildman–Crippen MR) is 154 cm³/mol. The van der Waals surface area contributed by atoms with Crippen molar-refractivity contribution in [2.24, 2.45) is 0 Å². The third-order valence-corrected chi connectivity index (χ3v) is 9.10. The van der Waals surface area contributed by atoms with E-state index in [1.165, 1.54) is 23.5 Å². The molecule has 1 aliphatic rings. The first-order valence-corrected chi connectivity index (χ1v) is 15.0. The molecule has 0 radical (unpaired) electrons. The molecule has 2 amide bonds. The first-order valence-electron chi connectivity index (χ1n) is 13.5. The van der Waals surface area contributed by atoms with Crippen LogP contribution in [0.2, 0.25) is 0 Å². The van der Waals surface area contributed by atoms with Crippen LogP contribution in [0.4, 0.5) is 0 Å². The summed E-state index contributed by atoms with van der Waals surface area (Å²) in [4.78, 5) is 30.6. The lowest BCUT2D eigenvalue weighted by atomic mass is 10.0. The van der Waals surface area contributed by atoms with Gasteiger partial charge in [0, 0.05) is 44.9 Å². The van der Waals surface area contributed by atoms with E-state index in [0.29, 0.717) is 38.0 Å². The van der Waals surface area contributed by atoms with Gasteiger partial charge in [0.1, 0.15) is 0 Å². The third-order valence-electron chi connectivity index (χ3n) is 7.24. The highest BCUT2D eigenvalue weighted by molar-refractivity contribution is 7.89. The van der Waals surface area contributed by atoms with Gasteiger partial charge in [0.25, 0.3) is 5.91 Å². The molecule has 0 atom stereocenters. The van der Waals surface area contributed by atoms with Crippen LogP contribution in [-0.4, -0.2) is 80.3 Å². The smallest absolute Gasteiger partial charge is 0.253 e. The Labute approximate surface area is 237 Å². The summed E-state index contributed by atoms with van der Waals surface area (Å²) in [5.74, 6) is -0.292. The van der Waals surface area contributed by atoms with Crippen molar-refractivity contribution in [3.63, 3.8) is 0 Å². The fourth-order valence-electron chi connectivity index (χ4n) is 4.92. The van der Waals surface area contributed by atoms with Gasteiger partial charge in [-0.2, -0.15) is 4.31 Å². The summed E-state index contributed by atoms with van der Waals surface area (Å²) >= 11 is 0. The van der Waals surface area contributed by atoms with Gasteiger partial charge in [0.05, 0.1) is 18.0 Å². The molecule has 1 saturated heterocycles. The number of carbonyl (C=O) groups is 2. The second-order valence-electron chi connectivity index (χ2n) is 10.0. The Morgan fingerprint density at radius 1 is 0.900 bits per heavy atom. The zero-order valence-corrected chi connectivity index (χ0v) is 23.9. The van der Waals surface area contributed by atoms with Crippen LogP contribution in [0, 0.1) is 6.92 Å². The molecule has 8 nitrogen and oxygen atoms in total. The van der Waals surface area contributed by atoms with E-state index in [2.05, 4.69) is 0 Å². The fourth-order valence-corrected chi connectivity index (χ4v) is 6.31. The predicted octanol–water partition coefficient (Wildman–Crippen LogP) is 3.97. The van der Waals surface area contributed by atoms with Crippen LogP contribution in [0.3, 0.4) is 0 Å². The van der Waals surface area contributed by atoms with Gasteiger partial charge in [-0.3, -0.25) is 9.59 Å². The first-order chi connectivity index (χ1) is 19.3. The number of piperidine rings is 1. The normalized spacial score (nSPS) is 14.3. The zero-order chi connectivity index (χ0) is 28.5. The van der Waals surface area contributed by atoms with E-state index in [9.17, 15) is 18.0 Å². The minimum atomic E-state index is -3.91. The lowest BCUT2D eigenvalue weighted by Crippen LogP contribution is -2.51. The summed E-state index contributed by atoms with van der Waals surface area (Å²) in [5, 5.41) is 0. The van der Waals surface area contributed by atoms with Crippen LogP contribution >= 0.6 is 0 Å². The number of amides is 2. The fraction of sp³-hybridized carbons (Fsp3) is 0.355. The van der Waals surface area contributed by atoms with Crippen LogP contribution in [0.1, 0.15) is 34.3 Å². The summed E-state index contributed by atoms with van der Waals surface area (Å²) in [6, 6.07) is 25.2. The van der Waals surface area contributed by atoms with Crippen LogP contribution in [0.5, 0.6) is 0 Å². The van der Waals surface area contributed by atoms with Crippen molar-refractivity contribution in [2.45, 2.75) is 37.2 Å². The zero-order valence-electron chi connectivity index (χ0n) is 23.1. The molecule has 1 fully saturated rings. The molecule has 3 aromatic rings. The molecular weight excluding hydrogens is 526 g/mol. The number of hydrogen-bond donors (Lipinski definition) is 0. The van der Waals surface area contributed by atoms with Crippen molar-refractivity contribution in [2.75, 3.05) is 39.9 Å². The van der Waals surface area contributed by atoms with Gasteiger partial charge in [-0.15, -0.1) is 0 Å². The van der Waals surface area contributed by atoms with Crippen LogP contribution in [0.15, 0.2) is 89.8 Å². The summed E-state index contributed by atoms with van der Waals surface area (Å²) in [7, 11) is -2.41. The molecular formula is C31H37N3O5S. The molecule has 4 rings (SSSR count). The Morgan fingerprint density at radius 3 is 2.10 bits per heavy atom. The maximum Gasteiger partial charge on any atom is 0.253 e. The molecule has 0 unspecified atom stereocenters. The molecule has 0 aromatic heterocycles. The molecule has 9 heteroatoms. The SMILES string of the molecule is COCCN(CC(=O)N(Cc1ccc(C)cc1)C1CCN(C(=O)c2ccccc2)CC1)S(=O)(=O)c1ccccc1. The van der Waals surface area contributed by atoms with E-state index in [4.69, 9.17) is 4.74 Å². The number of likely N-dealkylation sites (tertiary alicyclic amines) is 1. The first kappa shape index (κ1) is 29.5. The van der Waals surface area contributed by atoms with Gasteiger partial charge < -0.3 is 14.5 Å². The Kier molecular flexibility index (Phi) is 10.1. The van der Waals surface area contributed by atoms with Gasteiger partial charge >= 0.3 is 0 Å². The van der Waals surface area contributed by atoms with E-state index in [-0.39, 0.29) is 42.4 Å². The van der Waals surface area contributed by atoms with E-state index >= 15 is 0 Å². The minimum absolute atomic E-state index is 0.0184. The number of nitrogens with zero attached hydrogens (tertiary/aromatic N) is 3. The average molecular weight is 564 g/mol. The number of methoxy groups -OCH3 is 1. The number of benzene rings is 3. The topological polar surface area (TPSA) is 87.2 Å². The highest BCUT2D eigenvalue weighted by atomic mass is 32.2. The highest BCUT2D eigenvalue weighted by Crippen LogP contribution is 2.23. The Balaban J connectivity index is 1.54. The van der Waals surface area contributed by atoms with E-state index < -0.39 is 10.0 Å². The second kappa shape index (κ2) is 13.7. The molecule has 212 valence electrons. The number of carbonyl (C=O) groups excluding carboxylic acids is 2. The Hall–Kier alpha value is -3.53. The van der Waals surface area contributed by atoms with E-state index in [1.807, 2.05) is 66.4 Å². The summed E-state index contributed by atoms with van der Waals surface area (Å²) in [6.07, 6.45) is 1.22. The Bertz CT molecular complexity index is 1360. The number of sulfonamides is 1. The lowest BCUT2D eigenvalue weighted by molar-refractivity contribution is -0.135. The number of hydrogen-bond acceptors (Lipinski definition) is 5. The maximum absolute atomic E-state index is 13.9. The monoisotopic (exact) mass is 563 g/mol. The molecule has 0 aliphatic carbocycles. The standard InChI is InChI=1S/C31H37N3O5S/c1-25-13-15-26(16-14-25)23-34(28-17-19-32(20-18-28)31(36)27-9-5-3-6-10-27)30(35)24-33(21-22-39-2)40(37,38)29-11-7-4-8-12-29/h3-16,28H,17-24H2,1-2H3. The quantitative estimate of drug-likeness (QED) is 0.353. The summed E-state index contributed by atoms with van der Waals surface area (Å²) < 4.78 is 33.3. The van der Waals surface area contributed by atoms with Crippen molar-refractivity contribution in [3.8, 4) is 0 Å². The van der Waals surface area contributed by atoms with Crippen molar-refractivity contribution < 1.29 is 22.7 Å². The molecule has 1 aliphatic heterocycles. The third kappa shape index (κ3) is 7.35. The van der Waals surface area contributed by atoms with Crippen molar-refractivity contribution >= 4 is 21.8 Å². The molecule has 1 heterocycles. The van der Waals surface area contributed by atoms with Crippen LogP contribution in [0.25, 0.3) is 0 Å². The van der Waals surface area contributed by atoms with Gasteiger partial charge in [0.15, 0.2) is 0 Å². The largest absolute Gasteiger partial charge is 0.383 e. The van der Waals surface area contributed by atoms with Gasteiger partial charge in [-0.25, -0.2) is 8.42 Å². The van der Waals surface area contributed by atoms with E-state index in [1.54, 1.807) is 23.1 Å². The van der Waals surface area contributed by atoms with Gasteiger partial charge in [-0.1, -0.05) is 66.2 Å². The molecule has 3 aromatic carbocycles. The molecule has 0 N–H and O–H groups in total. The van der Waals surface area contributed by atoms with Crippen molar-refractivity contribution in [1.29, 1.82) is 0 Å². The number of aryl methyl sites for hydroxylation is 1. The molecule has 0 bridgehead atoms. The molecule has 0 saturated carbocycles. The summed E-state index contributed by atoms with van der Waals surface area (Å²) in [6.45, 7) is 3.33. The van der Waals surface area contributed by atoms with Gasteiger partial charge in [-0.05, 0) is 49.6 Å².